The van der Waals surface area contributed by atoms with Gasteiger partial charge in [-0.05, 0) is 60.6 Å². The molecule has 0 radical (unpaired) electrons. The third-order valence-electron chi connectivity index (χ3n) is 9.22. The van der Waals surface area contributed by atoms with Crippen LogP contribution in [0.4, 0.5) is 15.0 Å². The highest BCUT2D eigenvalue weighted by Gasteiger charge is 2.52. The minimum atomic E-state index is -0.546. The van der Waals surface area contributed by atoms with E-state index in [0.717, 1.165) is 22.3 Å². The van der Waals surface area contributed by atoms with Gasteiger partial charge in [0.2, 0.25) is 11.8 Å². The number of carbonyl (C=O) groups excluding carboxylic acids is 2. The Morgan fingerprint density at radius 3 is 2.57 bits per heavy atom. The molecule has 2 aliphatic rings. The molecule has 228 valence electrons. The molecule has 6 rings (SSSR count). The largest absolute Gasteiger partial charge is 0.480 e. The van der Waals surface area contributed by atoms with Gasteiger partial charge in [0.15, 0.2) is 0 Å². The van der Waals surface area contributed by atoms with Crippen LogP contribution in [0.25, 0.3) is 11.1 Å². The normalized spacial score (nSPS) is 16.9. The molecule has 0 aliphatic carbocycles. The van der Waals surface area contributed by atoms with Crippen LogP contribution in [0, 0.1) is 12.7 Å². The number of hydrogen-bond acceptors (Lipinski definition) is 5. The quantitative estimate of drug-likeness (QED) is 0.272. The number of hydrogen-bond donors (Lipinski definition) is 1. The lowest BCUT2D eigenvalue weighted by Gasteiger charge is -2.44. The minimum Gasteiger partial charge on any atom is -0.480 e. The average molecular weight is 597 g/mol. The van der Waals surface area contributed by atoms with Crippen molar-refractivity contribution in [3.05, 3.63) is 95.6 Å². The molecule has 0 saturated carbocycles. The Labute approximate surface area is 256 Å². The smallest absolute Gasteiger partial charge is 0.326 e. The zero-order valence-electron chi connectivity index (χ0n) is 25.3. The van der Waals surface area contributed by atoms with Gasteiger partial charge < -0.3 is 14.5 Å². The van der Waals surface area contributed by atoms with Gasteiger partial charge in [-0.15, -0.1) is 0 Å². The summed E-state index contributed by atoms with van der Waals surface area (Å²) in [5.41, 5.74) is 3.47. The van der Waals surface area contributed by atoms with E-state index in [2.05, 4.69) is 29.3 Å². The Balaban J connectivity index is 1.26. The third kappa shape index (κ3) is 5.52. The fourth-order valence-corrected chi connectivity index (χ4v) is 6.45. The van der Waals surface area contributed by atoms with Crippen LogP contribution in [0.1, 0.15) is 48.8 Å². The van der Waals surface area contributed by atoms with Crippen LogP contribution in [0.15, 0.2) is 73.1 Å². The van der Waals surface area contributed by atoms with Crippen LogP contribution >= 0.6 is 0 Å². The molecule has 3 amide bonds. The van der Waals surface area contributed by atoms with Gasteiger partial charge in [0.25, 0.3) is 0 Å². The highest BCUT2D eigenvalue weighted by atomic mass is 19.1. The van der Waals surface area contributed by atoms with Crippen molar-refractivity contribution in [3.8, 4) is 17.0 Å². The zero-order valence-corrected chi connectivity index (χ0v) is 25.3. The summed E-state index contributed by atoms with van der Waals surface area (Å²) in [6, 6.07) is 18.6. The van der Waals surface area contributed by atoms with Gasteiger partial charge in [-0.1, -0.05) is 49.4 Å². The molecule has 2 aliphatic heterocycles. The molecule has 44 heavy (non-hydrogen) atoms. The number of carbonyl (C=O) groups is 2. The number of amides is 3. The summed E-state index contributed by atoms with van der Waals surface area (Å²) in [5, 5.41) is 6.82. The van der Waals surface area contributed by atoms with Gasteiger partial charge in [-0.25, -0.2) is 9.18 Å². The summed E-state index contributed by atoms with van der Waals surface area (Å²) in [4.78, 5) is 37.7. The lowest BCUT2D eigenvalue weighted by Crippen LogP contribution is -2.55. The maximum atomic E-state index is 14.5. The van der Waals surface area contributed by atoms with Gasteiger partial charge in [-0.3, -0.25) is 14.8 Å². The second kappa shape index (κ2) is 12.1. The van der Waals surface area contributed by atoms with Crippen molar-refractivity contribution < 1.29 is 18.7 Å². The van der Waals surface area contributed by atoms with E-state index in [-0.39, 0.29) is 30.2 Å². The number of aromatic amines is 1. The fraction of sp³-hybridized carbons (Fsp3) is 0.353. The number of pyridine rings is 1. The van der Waals surface area contributed by atoms with E-state index in [4.69, 9.17) is 9.72 Å². The summed E-state index contributed by atoms with van der Waals surface area (Å²) in [5.74, 6) is 0.798. The number of nitrogens with one attached hydrogen (secondary N) is 1. The first-order valence-corrected chi connectivity index (χ1v) is 15.0. The lowest BCUT2D eigenvalue weighted by molar-refractivity contribution is -0.133. The van der Waals surface area contributed by atoms with Gasteiger partial charge in [0.1, 0.15) is 11.6 Å². The molecule has 1 N–H and O–H groups in total. The second-order valence-electron chi connectivity index (χ2n) is 11.8. The third-order valence-corrected chi connectivity index (χ3v) is 9.22. The number of likely N-dealkylation sites (tertiary alicyclic amines) is 1. The molecule has 9 nitrogen and oxygen atoms in total. The van der Waals surface area contributed by atoms with Crippen molar-refractivity contribution >= 4 is 17.8 Å². The number of urea groups is 1. The van der Waals surface area contributed by atoms with E-state index < -0.39 is 5.54 Å². The Hall–Kier alpha value is -4.73. The Bertz CT molecular complexity index is 1640. The van der Waals surface area contributed by atoms with E-state index in [9.17, 15) is 14.0 Å². The number of piperidine rings is 1. The summed E-state index contributed by atoms with van der Waals surface area (Å²) >= 11 is 0. The number of aromatic nitrogens is 3. The van der Waals surface area contributed by atoms with E-state index in [1.54, 1.807) is 37.4 Å². The van der Waals surface area contributed by atoms with Crippen LogP contribution in [-0.4, -0.2) is 69.2 Å². The van der Waals surface area contributed by atoms with Gasteiger partial charge in [0, 0.05) is 43.4 Å². The van der Waals surface area contributed by atoms with Crippen LogP contribution < -0.4 is 9.64 Å². The number of anilines is 1. The molecule has 0 bridgehead atoms. The fourth-order valence-electron chi connectivity index (χ4n) is 6.45. The molecule has 1 unspecified atom stereocenters. The van der Waals surface area contributed by atoms with Crippen LogP contribution in [0.3, 0.4) is 0 Å². The maximum absolute atomic E-state index is 14.5. The standard InChI is InChI=1S/C34H37FN6O3/c1-23(25-8-5-4-6-9-25)18-31(42)39-16-14-34(15-17-39)22-40(33(43)41(34)21-26-10-7-11-29(35)24(26)2)30-13-12-28(32(38-30)44-3)27-19-36-37-20-27/h4-13,19-20,23H,14-18,21-22H2,1-3H3,(H,36,37). The molecule has 2 aromatic heterocycles. The molecule has 2 saturated heterocycles. The average Bonchev–Trinajstić information content (AvgIpc) is 3.67. The predicted octanol–water partition coefficient (Wildman–Crippen LogP) is 5.93. The number of methoxy groups -OCH3 is 1. The summed E-state index contributed by atoms with van der Waals surface area (Å²) < 4.78 is 20.1. The second-order valence-corrected chi connectivity index (χ2v) is 11.8. The van der Waals surface area contributed by atoms with Crippen molar-refractivity contribution in [3.63, 3.8) is 0 Å². The SMILES string of the molecule is COc1nc(N2CC3(CCN(C(=O)CC(C)c4ccccc4)CC3)N(Cc3cccc(F)c3C)C2=O)ccc1-c1cn[nH]c1. The number of H-pyrrole nitrogens is 1. The van der Waals surface area contributed by atoms with Crippen molar-refractivity contribution in [1.82, 2.24) is 25.0 Å². The van der Waals surface area contributed by atoms with Crippen molar-refractivity contribution in [2.45, 2.75) is 51.1 Å². The van der Waals surface area contributed by atoms with Crippen LogP contribution in [0.5, 0.6) is 5.88 Å². The van der Waals surface area contributed by atoms with Crippen molar-refractivity contribution in [2.75, 3.05) is 31.6 Å². The summed E-state index contributed by atoms with van der Waals surface area (Å²) in [6.07, 6.45) is 5.10. The molecule has 4 heterocycles. The van der Waals surface area contributed by atoms with E-state index in [1.165, 1.54) is 6.07 Å². The van der Waals surface area contributed by atoms with Gasteiger partial charge in [0.05, 0.1) is 25.4 Å². The van der Waals surface area contributed by atoms with Crippen molar-refractivity contribution in [1.29, 1.82) is 0 Å². The number of ether oxygens (including phenoxy) is 1. The molecule has 1 spiro atoms. The number of nitrogens with zero attached hydrogens (tertiary/aromatic N) is 5. The molecule has 1 atom stereocenters. The Morgan fingerprint density at radius 1 is 1.09 bits per heavy atom. The Morgan fingerprint density at radius 2 is 1.86 bits per heavy atom. The first kappa shape index (κ1) is 29.3. The highest BCUT2D eigenvalue weighted by Crippen LogP contribution is 2.41. The van der Waals surface area contributed by atoms with E-state index >= 15 is 0 Å². The molecule has 10 heteroatoms. The van der Waals surface area contributed by atoms with Crippen LogP contribution in [-0.2, 0) is 11.3 Å². The molecule has 4 aromatic rings. The molecular formula is C34H37FN6O3. The number of benzene rings is 2. The zero-order chi connectivity index (χ0) is 30.8. The first-order chi connectivity index (χ1) is 21.3. The van der Waals surface area contributed by atoms with Crippen molar-refractivity contribution in [2.24, 2.45) is 0 Å². The lowest BCUT2D eigenvalue weighted by atomic mass is 9.85. The minimum absolute atomic E-state index is 0.113. The molecule has 2 aromatic carbocycles. The molecule has 2 fully saturated rings. The maximum Gasteiger partial charge on any atom is 0.326 e. The number of halogens is 1. The number of rotatable bonds is 8. The monoisotopic (exact) mass is 596 g/mol. The first-order valence-electron chi connectivity index (χ1n) is 15.0. The van der Waals surface area contributed by atoms with Gasteiger partial charge >= 0.3 is 6.03 Å². The van der Waals surface area contributed by atoms with Gasteiger partial charge in [-0.2, -0.15) is 10.1 Å². The summed E-state index contributed by atoms with van der Waals surface area (Å²) in [6.45, 7) is 5.57. The van der Waals surface area contributed by atoms with E-state index in [0.29, 0.717) is 56.2 Å². The highest BCUT2D eigenvalue weighted by molar-refractivity contribution is 5.95. The Kier molecular flexibility index (Phi) is 8.07. The van der Waals surface area contributed by atoms with E-state index in [1.807, 2.05) is 46.2 Å². The predicted molar refractivity (Wildman–Crippen MR) is 166 cm³/mol. The topological polar surface area (TPSA) is 94.7 Å². The summed E-state index contributed by atoms with van der Waals surface area (Å²) in [7, 11) is 1.55. The molecular weight excluding hydrogens is 559 g/mol. The van der Waals surface area contributed by atoms with Crippen LogP contribution in [0.2, 0.25) is 0 Å².